The Kier molecular flexibility index (Phi) is 5.72. The number of ether oxygens (including phenoxy) is 1. The van der Waals surface area contributed by atoms with E-state index in [1.807, 2.05) is 18.2 Å². The third-order valence-electron chi connectivity index (χ3n) is 5.03. The molecule has 0 saturated heterocycles. The molecule has 3 aromatic rings. The van der Waals surface area contributed by atoms with Gasteiger partial charge in [-0.25, -0.2) is 0 Å². The lowest BCUT2D eigenvalue weighted by Gasteiger charge is -2.18. The van der Waals surface area contributed by atoms with Crippen LogP contribution in [0.4, 0.5) is 11.4 Å². The summed E-state index contributed by atoms with van der Waals surface area (Å²) in [6.07, 6.45) is 0.176. The van der Waals surface area contributed by atoms with Crippen LogP contribution in [-0.2, 0) is 11.2 Å². The summed E-state index contributed by atoms with van der Waals surface area (Å²) in [5.41, 5.74) is 3.33. The Balaban J connectivity index is 1.38. The molecule has 0 radical (unpaired) electrons. The number of hydrogen-bond donors (Lipinski definition) is 1. The lowest BCUT2D eigenvalue weighted by atomic mass is 10.1. The van der Waals surface area contributed by atoms with Crippen LogP contribution in [0.25, 0.3) is 0 Å². The molecule has 0 aliphatic carbocycles. The van der Waals surface area contributed by atoms with E-state index in [9.17, 15) is 9.59 Å². The van der Waals surface area contributed by atoms with Crippen molar-refractivity contribution in [3.63, 3.8) is 0 Å². The fourth-order valence-electron chi connectivity index (χ4n) is 3.42. The van der Waals surface area contributed by atoms with Crippen molar-refractivity contribution in [3.8, 4) is 5.75 Å². The van der Waals surface area contributed by atoms with E-state index in [0.717, 1.165) is 12.1 Å². The van der Waals surface area contributed by atoms with E-state index in [0.29, 0.717) is 28.6 Å². The summed E-state index contributed by atoms with van der Waals surface area (Å²) in [5.74, 6) is 0.239. The second-order valence-electron chi connectivity index (χ2n) is 7.12. The monoisotopic (exact) mass is 420 g/mol. The van der Waals surface area contributed by atoms with E-state index < -0.39 is 6.10 Å². The highest BCUT2D eigenvalue weighted by Crippen LogP contribution is 2.29. The first-order valence-electron chi connectivity index (χ1n) is 9.74. The van der Waals surface area contributed by atoms with Gasteiger partial charge in [0, 0.05) is 28.5 Å². The number of halogens is 1. The minimum atomic E-state index is -0.686. The largest absolute Gasteiger partial charge is 0.481 e. The number of benzene rings is 3. The molecule has 0 aromatic heterocycles. The molecular weight excluding hydrogens is 400 g/mol. The molecule has 1 aliphatic rings. The van der Waals surface area contributed by atoms with Crippen LogP contribution in [0.3, 0.4) is 0 Å². The molecule has 6 heteroatoms. The zero-order chi connectivity index (χ0) is 21.1. The molecule has 4 rings (SSSR count). The first-order chi connectivity index (χ1) is 14.5. The van der Waals surface area contributed by atoms with Crippen LogP contribution in [0.1, 0.15) is 22.8 Å². The second-order valence-corrected chi connectivity index (χ2v) is 7.55. The third kappa shape index (κ3) is 4.31. The Labute approximate surface area is 180 Å². The van der Waals surface area contributed by atoms with Gasteiger partial charge in [-0.15, -0.1) is 0 Å². The number of carbonyl (C=O) groups excluding carboxylic acids is 2. The molecule has 3 aromatic carbocycles. The van der Waals surface area contributed by atoms with Crippen molar-refractivity contribution < 1.29 is 14.3 Å². The number of anilines is 2. The number of nitrogens with zero attached hydrogens (tertiary/aromatic N) is 1. The molecule has 30 heavy (non-hydrogen) atoms. The first kappa shape index (κ1) is 20.0. The molecule has 1 heterocycles. The van der Waals surface area contributed by atoms with Gasteiger partial charge in [-0.05, 0) is 73.5 Å². The molecule has 5 nitrogen and oxygen atoms in total. The van der Waals surface area contributed by atoms with Crippen LogP contribution < -0.4 is 15.0 Å². The van der Waals surface area contributed by atoms with Crippen LogP contribution in [0.5, 0.6) is 5.75 Å². The molecule has 0 bridgehead atoms. The smallest absolute Gasteiger partial charge is 0.265 e. The zero-order valence-corrected chi connectivity index (χ0v) is 17.2. The lowest BCUT2D eigenvalue weighted by Crippen LogP contribution is -2.30. The lowest BCUT2D eigenvalue weighted by molar-refractivity contribution is -0.122. The van der Waals surface area contributed by atoms with Gasteiger partial charge in [-0.3, -0.25) is 9.59 Å². The Morgan fingerprint density at radius 1 is 1.00 bits per heavy atom. The number of para-hydroxylation sites is 1. The van der Waals surface area contributed by atoms with Crippen LogP contribution >= 0.6 is 11.6 Å². The van der Waals surface area contributed by atoms with E-state index in [1.165, 1.54) is 5.56 Å². The molecule has 1 atom stereocenters. The minimum absolute atomic E-state index is 0.0442. The SMILES string of the molecule is CC(Oc1ccc(Cl)cc1)C(=O)Nc1ccc(C(=O)N2CCc3ccccc32)cc1. The van der Waals surface area contributed by atoms with Crippen molar-refractivity contribution in [1.29, 1.82) is 0 Å². The van der Waals surface area contributed by atoms with Crippen LogP contribution in [0, 0.1) is 0 Å². The molecule has 2 amide bonds. The molecule has 152 valence electrons. The fourth-order valence-corrected chi connectivity index (χ4v) is 3.54. The minimum Gasteiger partial charge on any atom is -0.481 e. The molecule has 1 N–H and O–H groups in total. The molecule has 1 unspecified atom stereocenters. The van der Waals surface area contributed by atoms with E-state index in [2.05, 4.69) is 11.4 Å². The van der Waals surface area contributed by atoms with Gasteiger partial charge < -0.3 is 15.0 Å². The predicted molar refractivity (Wildman–Crippen MR) is 118 cm³/mol. The summed E-state index contributed by atoms with van der Waals surface area (Å²) in [7, 11) is 0. The Morgan fingerprint density at radius 3 is 2.43 bits per heavy atom. The average molecular weight is 421 g/mol. The Bertz CT molecular complexity index is 1060. The second kappa shape index (κ2) is 8.59. The van der Waals surface area contributed by atoms with Gasteiger partial charge in [0.2, 0.25) is 0 Å². The zero-order valence-electron chi connectivity index (χ0n) is 16.5. The fraction of sp³-hybridized carbons (Fsp3) is 0.167. The molecule has 1 aliphatic heterocycles. The number of carbonyl (C=O) groups is 2. The predicted octanol–water partition coefficient (Wildman–Crippen LogP) is 4.95. The van der Waals surface area contributed by atoms with Crippen LogP contribution in [0.2, 0.25) is 5.02 Å². The maximum atomic E-state index is 12.9. The van der Waals surface area contributed by atoms with Gasteiger partial charge >= 0.3 is 0 Å². The number of amides is 2. The topological polar surface area (TPSA) is 58.6 Å². The number of rotatable bonds is 5. The van der Waals surface area contributed by atoms with Crippen molar-refractivity contribution in [1.82, 2.24) is 0 Å². The Hall–Kier alpha value is -3.31. The maximum absolute atomic E-state index is 12.9. The first-order valence-corrected chi connectivity index (χ1v) is 10.1. The molecule has 0 saturated carbocycles. The highest BCUT2D eigenvalue weighted by molar-refractivity contribution is 6.30. The van der Waals surface area contributed by atoms with Gasteiger partial charge in [0.05, 0.1) is 0 Å². The van der Waals surface area contributed by atoms with Crippen LogP contribution in [-0.4, -0.2) is 24.5 Å². The van der Waals surface area contributed by atoms with Crippen molar-refractivity contribution >= 4 is 34.8 Å². The Morgan fingerprint density at radius 2 is 1.70 bits per heavy atom. The van der Waals surface area contributed by atoms with Gasteiger partial charge in [-0.2, -0.15) is 0 Å². The van der Waals surface area contributed by atoms with Crippen molar-refractivity contribution in [3.05, 3.63) is 88.9 Å². The van der Waals surface area contributed by atoms with Crippen molar-refractivity contribution in [2.75, 3.05) is 16.8 Å². The van der Waals surface area contributed by atoms with Gasteiger partial charge in [0.25, 0.3) is 11.8 Å². The van der Waals surface area contributed by atoms with E-state index in [-0.39, 0.29) is 11.8 Å². The summed E-state index contributed by atoms with van der Waals surface area (Å²) in [6.45, 7) is 2.35. The standard InChI is InChI=1S/C24H21ClN2O3/c1-16(30-21-12-8-19(25)9-13-21)23(28)26-20-10-6-18(7-11-20)24(29)27-15-14-17-4-2-3-5-22(17)27/h2-13,16H,14-15H2,1H3,(H,26,28). The average Bonchev–Trinajstić information content (AvgIpc) is 3.19. The quantitative estimate of drug-likeness (QED) is 0.635. The summed E-state index contributed by atoms with van der Waals surface area (Å²) < 4.78 is 5.63. The summed E-state index contributed by atoms with van der Waals surface area (Å²) in [6, 6.07) is 21.7. The molecule has 0 spiro atoms. The van der Waals surface area contributed by atoms with E-state index in [1.54, 1.807) is 60.4 Å². The molecular formula is C24H21ClN2O3. The summed E-state index contributed by atoms with van der Waals surface area (Å²) in [4.78, 5) is 27.1. The van der Waals surface area contributed by atoms with E-state index in [4.69, 9.17) is 16.3 Å². The van der Waals surface area contributed by atoms with Crippen LogP contribution in [0.15, 0.2) is 72.8 Å². The van der Waals surface area contributed by atoms with E-state index >= 15 is 0 Å². The number of hydrogen-bond acceptors (Lipinski definition) is 3. The summed E-state index contributed by atoms with van der Waals surface area (Å²) in [5, 5.41) is 3.41. The number of fused-ring (bicyclic) bond motifs is 1. The number of nitrogens with one attached hydrogen (secondary N) is 1. The highest BCUT2D eigenvalue weighted by Gasteiger charge is 2.25. The third-order valence-corrected chi connectivity index (χ3v) is 5.28. The maximum Gasteiger partial charge on any atom is 0.265 e. The van der Waals surface area contributed by atoms with Gasteiger partial charge in [0.1, 0.15) is 5.75 Å². The van der Waals surface area contributed by atoms with Gasteiger partial charge in [0.15, 0.2) is 6.10 Å². The molecule has 0 fully saturated rings. The van der Waals surface area contributed by atoms with Crippen molar-refractivity contribution in [2.45, 2.75) is 19.4 Å². The summed E-state index contributed by atoms with van der Waals surface area (Å²) >= 11 is 5.86. The van der Waals surface area contributed by atoms with Crippen molar-refractivity contribution in [2.24, 2.45) is 0 Å². The highest BCUT2D eigenvalue weighted by atomic mass is 35.5. The van der Waals surface area contributed by atoms with Gasteiger partial charge in [-0.1, -0.05) is 29.8 Å². The normalized spacial score (nSPS) is 13.5.